The summed E-state index contributed by atoms with van der Waals surface area (Å²) in [6.45, 7) is 0. The first kappa shape index (κ1) is 6.89. The summed E-state index contributed by atoms with van der Waals surface area (Å²) in [6.07, 6.45) is 8.23. The summed E-state index contributed by atoms with van der Waals surface area (Å²) >= 11 is 0. The van der Waals surface area contributed by atoms with Gasteiger partial charge in [0.25, 0.3) is 0 Å². The minimum absolute atomic E-state index is 0.0298. The standard InChI is InChI=1S/C9H12O2/c10-9-6-5-7-3-1-2-4-8(7)11-9/h2,4,7-8H,1,3,5-6H2/t7-,8-/m0/s1. The van der Waals surface area contributed by atoms with E-state index in [0.29, 0.717) is 12.3 Å². The van der Waals surface area contributed by atoms with Gasteiger partial charge in [-0.3, -0.25) is 4.79 Å². The lowest BCUT2D eigenvalue weighted by molar-refractivity contribution is -0.155. The first-order valence-corrected chi connectivity index (χ1v) is 4.22. The molecule has 0 bridgehead atoms. The number of hydrogen-bond donors (Lipinski definition) is 0. The number of carbonyl (C=O) groups excluding carboxylic acids is 1. The van der Waals surface area contributed by atoms with E-state index >= 15 is 0 Å². The highest BCUT2D eigenvalue weighted by molar-refractivity contribution is 5.70. The summed E-state index contributed by atoms with van der Waals surface area (Å²) in [5.41, 5.74) is 0. The van der Waals surface area contributed by atoms with Gasteiger partial charge in [0.05, 0.1) is 0 Å². The SMILES string of the molecule is O=C1CC[C@@H]2CCC=C[C@@H]2O1. The van der Waals surface area contributed by atoms with Gasteiger partial charge in [-0.1, -0.05) is 6.08 Å². The summed E-state index contributed by atoms with van der Waals surface area (Å²) in [5.74, 6) is 0.579. The van der Waals surface area contributed by atoms with Crippen LogP contribution in [-0.2, 0) is 9.53 Å². The Labute approximate surface area is 66.2 Å². The van der Waals surface area contributed by atoms with Crippen LogP contribution in [-0.4, -0.2) is 12.1 Å². The number of fused-ring (bicyclic) bond motifs is 1. The molecule has 0 amide bonds. The Morgan fingerprint density at radius 1 is 1.45 bits per heavy atom. The lowest BCUT2D eigenvalue weighted by Gasteiger charge is -2.31. The van der Waals surface area contributed by atoms with E-state index in [4.69, 9.17) is 4.74 Å². The quantitative estimate of drug-likeness (QED) is 0.390. The number of rotatable bonds is 0. The van der Waals surface area contributed by atoms with Crippen LogP contribution in [0.15, 0.2) is 12.2 Å². The van der Waals surface area contributed by atoms with Crippen LogP contribution >= 0.6 is 0 Å². The Morgan fingerprint density at radius 3 is 3.27 bits per heavy atom. The maximum atomic E-state index is 10.9. The highest BCUT2D eigenvalue weighted by atomic mass is 16.5. The molecule has 11 heavy (non-hydrogen) atoms. The Hall–Kier alpha value is -0.790. The summed E-state index contributed by atoms with van der Waals surface area (Å²) < 4.78 is 5.16. The van der Waals surface area contributed by atoms with Gasteiger partial charge >= 0.3 is 5.97 Å². The molecule has 0 N–H and O–H groups in total. The van der Waals surface area contributed by atoms with Crippen LogP contribution in [0.25, 0.3) is 0 Å². The number of carbonyl (C=O) groups is 1. The van der Waals surface area contributed by atoms with Crippen molar-refractivity contribution in [3.63, 3.8) is 0 Å². The van der Waals surface area contributed by atoms with E-state index < -0.39 is 0 Å². The van der Waals surface area contributed by atoms with Crippen molar-refractivity contribution in [3.05, 3.63) is 12.2 Å². The Morgan fingerprint density at radius 2 is 2.36 bits per heavy atom. The zero-order chi connectivity index (χ0) is 7.68. The summed E-state index contributed by atoms with van der Waals surface area (Å²) in [5, 5.41) is 0. The van der Waals surface area contributed by atoms with Crippen LogP contribution in [0.4, 0.5) is 0 Å². The lowest BCUT2D eigenvalue weighted by Crippen LogP contribution is -2.32. The minimum atomic E-state index is -0.0298. The molecular weight excluding hydrogens is 140 g/mol. The zero-order valence-electron chi connectivity index (χ0n) is 6.45. The third-order valence-corrected chi connectivity index (χ3v) is 2.48. The van der Waals surface area contributed by atoms with Crippen molar-refractivity contribution in [1.82, 2.24) is 0 Å². The molecule has 1 saturated heterocycles. The summed E-state index contributed by atoms with van der Waals surface area (Å²) in [7, 11) is 0. The van der Waals surface area contributed by atoms with Gasteiger partial charge in [0, 0.05) is 12.3 Å². The summed E-state index contributed by atoms with van der Waals surface area (Å²) in [4.78, 5) is 10.9. The maximum Gasteiger partial charge on any atom is 0.306 e. The molecule has 2 atom stereocenters. The van der Waals surface area contributed by atoms with Gasteiger partial charge in [-0.2, -0.15) is 0 Å². The second-order valence-electron chi connectivity index (χ2n) is 3.26. The molecule has 1 fully saturated rings. The number of allylic oxidation sites excluding steroid dienone is 1. The van der Waals surface area contributed by atoms with E-state index in [0.717, 1.165) is 12.8 Å². The molecule has 1 aliphatic heterocycles. The van der Waals surface area contributed by atoms with Crippen molar-refractivity contribution in [1.29, 1.82) is 0 Å². The van der Waals surface area contributed by atoms with Gasteiger partial charge in [-0.15, -0.1) is 0 Å². The second kappa shape index (κ2) is 2.68. The van der Waals surface area contributed by atoms with Crippen LogP contribution in [0.1, 0.15) is 25.7 Å². The monoisotopic (exact) mass is 152 g/mol. The first-order valence-electron chi connectivity index (χ1n) is 4.22. The summed E-state index contributed by atoms with van der Waals surface area (Å²) in [6, 6.07) is 0. The van der Waals surface area contributed by atoms with E-state index in [2.05, 4.69) is 6.08 Å². The van der Waals surface area contributed by atoms with Crippen LogP contribution in [0.2, 0.25) is 0 Å². The number of ether oxygens (including phenoxy) is 1. The highest BCUT2D eigenvalue weighted by Crippen LogP contribution is 2.29. The molecule has 2 nitrogen and oxygen atoms in total. The van der Waals surface area contributed by atoms with Gasteiger partial charge in [0.1, 0.15) is 6.10 Å². The van der Waals surface area contributed by atoms with Gasteiger partial charge in [-0.25, -0.2) is 0 Å². The minimum Gasteiger partial charge on any atom is -0.458 e. The van der Waals surface area contributed by atoms with E-state index in [-0.39, 0.29) is 12.1 Å². The topological polar surface area (TPSA) is 26.3 Å². The van der Waals surface area contributed by atoms with Gasteiger partial charge in [0.15, 0.2) is 0 Å². The third kappa shape index (κ3) is 1.30. The Kier molecular flexibility index (Phi) is 1.68. The average molecular weight is 152 g/mol. The Balaban J connectivity index is 2.08. The molecule has 1 heterocycles. The largest absolute Gasteiger partial charge is 0.458 e. The smallest absolute Gasteiger partial charge is 0.306 e. The molecule has 2 aliphatic rings. The fraction of sp³-hybridized carbons (Fsp3) is 0.667. The fourth-order valence-corrected chi connectivity index (χ4v) is 1.82. The molecular formula is C9H12O2. The van der Waals surface area contributed by atoms with Crippen LogP contribution in [0, 0.1) is 5.92 Å². The molecule has 0 aromatic heterocycles. The fourth-order valence-electron chi connectivity index (χ4n) is 1.82. The van der Waals surface area contributed by atoms with Crippen molar-refractivity contribution < 1.29 is 9.53 Å². The van der Waals surface area contributed by atoms with Crippen LogP contribution in [0.5, 0.6) is 0 Å². The van der Waals surface area contributed by atoms with E-state index in [9.17, 15) is 4.79 Å². The van der Waals surface area contributed by atoms with Crippen molar-refractivity contribution in [3.8, 4) is 0 Å². The average Bonchev–Trinajstić information content (AvgIpc) is 2.04. The van der Waals surface area contributed by atoms with E-state index in [1.807, 2.05) is 6.08 Å². The van der Waals surface area contributed by atoms with Crippen molar-refractivity contribution >= 4 is 5.97 Å². The molecule has 0 unspecified atom stereocenters. The van der Waals surface area contributed by atoms with Crippen LogP contribution < -0.4 is 0 Å². The zero-order valence-corrected chi connectivity index (χ0v) is 6.45. The molecule has 0 saturated carbocycles. The van der Waals surface area contributed by atoms with Crippen LogP contribution in [0.3, 0.4) is 0 Å². The van der Waals surface area contributed by atoms with E-state index in [1.165, 1.54) is 6.42 Å². The first-order chi connectivity index (χ1) is 5.36. The number of esters is 1. The van der Waals surface area contributed by atoms with Crippen molar-refractivity contribution in [2.45, 2.75) is 31.8 Å². The molecule has 0 spiro atoms. The molecule has 2 rings (SSSR count). The molecule has 60 valence electrons. The second-order valence-corrected chi connectivity index (χ2v) is 3.26. The third-order valence-electron chi connectivity index (χ3n) is 2.48. The predicted molar refractivity (Wildman–Crippen MR) is 41.0 cm³/mol. The molecule has 0 radical (unpaired) electrons. The van der Waals surface area contributed by atoms with Gasteiger partial charge in [0.2, 0.25) is 0 Å². The van der Waals surface area contributed by atoms with Crippen molar-refractivity contribution in [2.75, 3.05) is 0 Å². The van der Waals surface area contributed by atoms with Gasteiger partial charge < -0.3 is 4.74 Å². The molecule has 2 heteroatoms. The Bertz CT molecular complexity index is 196. The van der Waals surface area contributed by atoms with E-state index in [1.54, 1.807) is 0 Å². The molecule has 1 aliphatic carbocycles. The highest BCUT2D eigenvalue weighted by Gasteiger charge is 2.29. The van der Waals surface area contributed by atoms with Gasteiger partial charge in [-0.05, 0) is 25.3 Å². The number of hydrogen-bond acceptors (Lipinski definition) is 2. The lowest BCUT2D eigenvalue weighted by atomic mass is 9.86. The molecule has 0 aromatic carbocycles. The maximum absolute atomic E-state index is 10.9. The molecule has 0 aromatic rings. The normalized spacial score (nSPS) is 36.2. The predicted octanol–water partition coefficient (Wildman–Crippen LogP) is 1.66. The van der Waals surface area contributed by atoms with Crippen molar-refractivity contribution in [2.24, 2.45) is 5.92 Å².